The number of nitrogens with one attached hydrogen (secondary N) is 1. The van der Waals surface area contributed by atoms with Crippen molar-refractivity contribution in [2.75, 3.05) is 6.26 Å². The molecule has 1 N–H and O–H groups in total. The van der Waals surface area contributed by atoms with Gasteiger partial charge in [0.1, 0.15) is 0 Å². The fourth-order valence-electron chi connectivity index (χ4n) is 2.71. The van der Waals surface area contributed by atoms with Gasteiger partial charge in [-0.3, -0.25) is 5.10 Å². The van der Waals surface area contributed by atoms with Gasteiger partial charge in [-0.05, 0) is 58.9 Å². The minimum atomic E-state index is 0.485. The van der Waals surface area contributed by atoms with E-state index in [1.54, 1.807) is 11.8 Å². The van der Waals surface area contributed by atoms with Crippen molar-refractivity contribution in [3.63, 3.8) is 0 Å². The van der Waals surface area contributed by atoms with Crippen LogP contribution < -0.4 is 0 Å². The predicted molar refractivity (Wildman–Crippen MR) is 97.2 cm³/mol. The van der Waals surface area contributed by atoms with Crippen LogP contribution in [-0.2, 0) is 6.42 Å². The van der Waals surface area contributed by atoms with Crippen LogP contribution in [0.1, 0.15) is 29.5 Å². The first kappa shape index (κ1) is 14.9. The molecule has 1 aromatic heterocycles. The van der Waals surface area contributed by atoms with Gasteiger partial charge in [0.2, 0.25) is 0 Å². The molecule has 3 heteroatoms. The Morgan fingerprint density at radius 2 is 2.14 bits per heavy atom. The van der Waals surface area contributed by atoms with Crippen molar-refractivity contribution >= 4 is 28.7 Å². The molecule has 0 aliphatic heterocycles. The number of hydrogen-bond donors (Lipinski definition) is 1. The van der Waals surface area contributed by atoms with Gasteiger partial charge in [0, 0.05) is 5.39 Å². The van der Waals surface area contributed by atoms with Crippen molar-refractivity contribution in [1.82, 2.24) is 10.2 Å². The predicted octanol–water partition coefficient (Wildman–Crippen LogP) is 5.24. The normalized spacial score (nSPS) is 13.0. The van der Waals surface area contributed by atoms with Crippen molar-refractivity contribution in [3.8, 4) is 0 Å². The smallest absolute Gasteiger partial charge is 0.0650 e. The molecule has 0 spiro atoms. The second kappa shape index (κ2) is 6.84. The summed E-state index contributed by atoms with van der Waals surface area (Å²) in [6.07, 6.45) is 7.18. The SMILES string of the molecule is CS/C=C/c1cccc(CC(C)c2ccc3[nH]ncc3c2)c1. The molecular weight excluding hydrogens is 288 g/mol. The van der Waals surface area contributed by atoms with Crippen LogP contribution in [0.2, 0.25) is 0 Å². The van der Waals surface area contributed by atoms with E-state index < -0.39 is 0 Å². The average Bonchev–Trinajstić information content (AvgIpc) is 3.00. The molecule has 0 aliphatic rings. The zero-order valence-corrected chi connectivity index (χ0v) is 13.7. The molecule has 0 aliphatic carbocycles. The van der Waals surface area contributed by atoms with Crippen LogP contribution in [0.25, 0.3) is 17.0 Å². The van der Waals surface area contributed by atoms with Crippen molar-refractivity contribution in [3.05, 3.63) is 70.8 Å². The number of fused-ring (bicyclic) bond motifs is 1. The Balaban J connectivity index is 1.78. The molecule has 0 radical (unpaired) electrons. The summed E-state index contributed by atoms with van der Waals surface area (Å²) in [6, 6.07) is 15.3. The van der Waals surface area contributed by atoms with Gasteiger partial charge in [0.25, 0.3) is 0 Å². The molecule has 112 valence electrons. The third-order valence-corrected chi connectivity index (χ3v) is 4.33. The molecule has 0 bridgehead atoms. The number of thioether (sulfide) groups is 1. The van der Waals surface area contributed by atoms with E-state index in [0.717, 1.165) is 11.9 Å². The second-order valence-electron chi connectivity index (χ2n) is 5.61. The van der Waals surface area contributed by atoms with Gasteiger partial charge < -0.3 is 0 Å². The maximum atomic E-state index is 4.09. The van der Waals surface area contributed by atoms with Crippen molar-refractivity contribution < 1.29 is 0 Å². The topological polar surface area (TPSA) is 28.7 Å². The lowest BCUT2D eigenvalue weighted by molar-refractivity contribution is 0.760. The Hall–Kier alpha value is -2.00. The van der Waals surface area contributed by atoms with E-state index in [2.05, 4.69) is 77.3 Å². The molecule has 0 fully saturated rings. The number of aromatic nitrogens is 2. The quantitative estimate of drug-likeness (QED) is 0.698. The molecule has 1 heterocycles. The number of benzene rings is 2. The molecule has 1 unspecified atom stereocenters. The molecule has 0 amide bonds. The van der Waals surface area contributed by atoms with E-state index in [0.29, 0.717) is 5.92 Å². The Bertz CT molecular complexity index is 789. The summed E-state index contributed by atoms with van der Waals surface area (Å²) in [5.41, 5.74) is 5.10. The van der Waals surface area contributed by atoms with E-state index in [4.69, 9.17) is 0 Å². The fraction of sp³-hybridized carbons (Fsp3) is 0.211. The van der Waals surface area contributed by atoms with Gasteiger partial charge in [-0.1, -0.05) is 37.3 Å². The van der Waals surface area contributed by atoms with Gasteiger partial charge in [-0.15, -0.1) is 11.8 Å². The molecular formula is C19H20N2S. The minimum Gasteiger partial charge on any atom is -0.278 e. The first-order valence-corrected chi connectivity index (χ1v) is 8.76. The van der Waals surface area contributed by atoms with Crippen LogP contribution in [0.4, 0.5) is 0 Å². The highest BCUT2D eigenvalue weighted by Gasteiger charge is 2.08. The largest absolute Gasteiger partial charge is 0.278 e. The first-order valence-electron chi connectivity index (χ1n) is 7.47. The lowest BCUT2D eigenvalue weighted by Gasteiger charge is -2.12. The third-order valence-electron chi connectivity index (χ3n) is 3.92. The van der Waals surface area contributed by atoms with E-state index in [1.807, 2.05) is 6.20 Å². The zero-order valence-electron chi connectivity index (χ0n) is 12.9. The van der Waals surface area contributed by atoms with Gasteiger partial charge in [-0.25, -0.2) is 0 Å². The molecule has 0 saturated heterocycles. The van der Waals surface area contributed by atoms with Crippen LogP contribution in [-0.4, -0.2) is 16.5 Å². The highest BCUT2D eigenvalue weighted by Crippen LogP contribution is 2.24. The monoisotopic (exact) mass is 308 g/mol. The molecule has 0 saturated carbocycles. The van der Waals surface area contributed by atoms with Crippen LogP contribution in [0.3, 0.4) is 0 Å². The number of aromatic amines is 1. The van der Waals surface area contributed by atoms with Crippen molar-refractivity contribution in [2.45, 2.75) is 19.3 Å². The number of rotatable bonds is 5. The lowest BCUT2D eigenvalue weighted by atomic mass is 9.92. The number of hydrogen-bond acceptors (Lipinski definition) is 2. The Kier molecular flexibility index (Phi) is 4.64. The maximum Gasteiger partial charge on any atom is 0.0650 e. The average molecular weight is 308 g/mol. The first-order chi connectivity index (χ1) is 10.8. The minimum absolute atomic E-state index is 0.485. The molecule has 3 aromatic rings. The maximum absolute atomic E-state index is 4.09. The van der Waals surface area contributed by atoms with E-state index >= 15 is 0 Å². The standard InChI is InChI=1S/C19H20N2S/c1-14(17-6-7-19-18(12-17)13-20-21-19)10-16-5-3-4-15(11-16)8-9-22-2/h3-9,11-14H,10H2,1-2H3,(H,20,21)/b9-8+. The lowest BCUT2D eigenvalue weighted by Crippen LogP contribution is -1.98. The highest BCUT2D eigenvalue weighted by molar-refractivity contribution is 8.01. The van der Waals surface area contributed by atoms with Crippen molar-refractivity contribution in [2.24, 2.45) is 0 Å². The fourth-order valence-corrected chi connectivity index (χ4v) is 3.00. The number of nitrogens with zero attached hydrogens (tertiary/aromatic N) is 1. The summed E-state index contributed by atoms with van der Waals surface area (Å²) in [6.45, 7) is 2.28. The van der Waals surface area contributed by atoms with Gasteiger partial charge in [0.05, 0.1) is 11.7 Å². The molecule has 2 nitrogen and oxygen atoms in total. The van der Waals surface area contributed by atoms with Crippen LogP contribution in [0, 0.1) is 0 Å². The Morgan fingerprint density at radius 1 is 1.23 bits per heavy atom. The van der Waals surface area contributed by atoms with E-state index in [9.17, 15) is 0 Å². The Labute approximate surface area is 135 Å². The molecule has 1 atom stereocenters. The third kappa shape index (κ3) is 3.42. The number of H-pyrrole nitrogens is 1. The van der Waals surface area contributed by atoms with Crippen LogP contribution in [0.15, 0.2) is 54.1 Å². The molecule has 3 rings (SSSR count). The van der Waals surface area contributed by atoms with Crippen LogP contribution in [0.5, 0.6) is 0 Å². The summed E-state index contributed by atoms with van der Waals surface area (Å²) >= 11 is 1.73. The summed E-state index contributed by atoms with van der Waals surface area (Å²) < 4.78 is 0. The summed E-state index contributed by atoms with van der Waals surface area (Å²) in [5, 5.41) is 10.4. The summed E-state index contributed by atoms with van der Waals surface area (Å²) in [7, 11) is 0. The van der Waals surface area contributed by atoms with Gasteiger partial charge in [0.15, 0.2) is 0 Å². The zero-order chi connectivity index (χ0) is 15.4. The van der Waals surface area contributed by atoms with E-state index in [1.165, 1.54) is 22.1 Å². The van der Waals surface area contributed by atoms with E-state index in [-0.39, 0.29) is 0 Å². The molecule has 22 heavy (non-hydrogen) atoms. The summed E-state index contributed by atoms with van der Waals surface area (Å²) in [5.74, 6) is 0.485. The summed E-state index contributed by atoms with van der Waals surface area (Å²) in [4.78, 5) is 0. The van der Waals surface area contributed by atoms with Crippen LogP contribution >= 0.6 is 11.8 Å². The second-order valence-corrected chi connectivity index (χ2v) is 6.35. The Morgan fingerprint density at radius 3 is 3.00 bits per heavy atom. The van der Waals surface area contributed by atoms with Crippen molar-refractivity contribution in [1.29, 1.82) is 0 Å². The molecule has 2 aromatic carbocycles. The highest BCUT2D eigenvalue weighted by atomic mass is 32.2. The van der Waals surface area contributed by atoms with Gasteiger partial charge in [-0.2, -0.15) is 5.10 Å². The van der Waals surface area contributed by atoms with Gasteiger partial charge >= 0.3 is 0 Å².